The van der Waals surface area contributed by atoms with Gasteiger partial charge in [-0.1, -0.05) is 41.4 Å². The minimum absolute atomic E-state index is 0.00545. The van der Waals surface area contributed by atoms with Crippen molar-refractivity contribution in [1.82, 2.24) is 9.80 Å². The molecule has 0 atom stereocenters. The zero-order chi connectivity index (χ0) is 23.4. The lowest BCUT2D eigenvalue weighted by Gasteiger charge is -2.26. The number of nitrogens with zero attached hydrogens (tertiary/aromatic N) is 2. The van der Waals surface area contributed by atoms with Crippen molar-refractivity contribution in [3.05, 3.63) is 68.5 Å². The van der Waals surface area contributed by atoms with Gasteiger partial charge in [-0.3, -0.25) is 19.3 Å². The molecule has 2 aliphatic rings. The Labute approximate surface area is 206 Å². The Bertz CT molecular complexity index is 1100. The molecular formula is C24H22Cl2N2O4S. The van der Waals surface area contributed by atoms with Crippen molar-refractivity contribution < 1.29 is 19.1 Å². The maximum absolute atomic E-state index is 12.8. The first-order chi connectivity index (χ1) is 15.9. The Kier molecular flexibility index (Phi) is 7.63. The first kappa shape index (κ1) is 23.7. The van der Waals surface area contributed by atoms with Gasteiger partial charge in [-0.25, -0.2) is 0 Å². The van der Waals surface area contributed by atoms with Crippen LogP contribution >= 0.6 is 35.0 Å². The van der Waals surface area contributed by atoms with Crippen molar-refractivity contribution >= 4 is 58.1 Å². The van der Waals surface area contributed by atoms with Crippen LogP contribution in [0.2, 0.25) is 10.0 Å². The number of carbonyl (C=O) groups is 3. The molecule has 2 aromatic rings. The number of imide groups is 1. The van der Waals surface area contributed by atoms with Crippen molar-refractivity contribution in [2.24, 2.45) is 0 Å². The fourth-order valence-electron chi connectivity index (χ4n) is 3.65. The number of halogens is 2. The van der Waals surface area contributed by atoms with Crippen LogP contribution in [0.5, 0.6) is 5.75 Å². The van der Waals surface area contributed by atoms with E-state index in [9.17, 15) is 14.4 Å². The summed E-state index contributed by atoms with van der Waals surface area (Å²) in [5.74, 6) is 0.194. The van der Waals surface area contributed by atoms with Crippen LogP contribution in [0.25, 0.3) is 6.08 Å². The SMILES string of the molecule is O=C(COc1ccc(/C=C2\SC(=O)N(Cc3ccc(Cl)cc3Cl)C2=O)cc1)N1CCCCC1. The van der Waals surface area contributed by atoms with E-state index < -0.39 is 0 Å². The van der Waals surface area contributed by atoms with E-state index in [1.807, 2.05) is 4.90 Å². The summed E-state index contributed by atoms with van der Waals surface area (Å²) in [6.45, 7) is 1.67. The average molecular weight is 505 g/mol. The summed E-state index contributed by atoms with van der Waals surface area (Å²) in [5.41, 5.74) is 1.39. The van der Waals surface area contributed by atoms with Crippen molar-refractivity contribution in [2.75, 3.05) is 19.7 Å². The highest BCUT2D eigenvalue weighted by molar-refractivity contribution is 8.18. The monoisotopic (exact) mass is 504 g/mol. The summed E-state index contributed by atoms with van der Waals surface area (Å²) in [4.78, 5) is 40.7. The van der Waals surface area contributed by atoms with Crippen molar-refractivity contribution in [1.29, 1.82) is 0 Å². The summed E-state index contributed by atoms with van der Waals surface area (Å²) in [5, 5.41) is 0.536. The number of hydrogen-bond donors (Lipinski definition) is 0. The number of benzene rings is 2. The molecule has 2 aromatic carbocycles. The van der Waals surface area contributed by atoms with Gasteiger partial charge in [0.15, 0.2) is 6.61 Å². The molecule has 0 aromatic heterocycles. The Hall–Kier alpha value is -2.48. The summed E-state index contributed by atoms with van der Waals surface area (Å²) in [7, 11) is 0. The first-order valence-electron chi connectivity index (χ1n) is 10.6. The van der Waals surface area contributed by atoms with Gasteiger partial charge in [0.2, 0.25) is 0 Å². The quantitative estimate of drug-likeness (QED) is 0.477. The third kappa shape index (κ3) is 5.91. The molecule has 4 rings (SSSR count). The van der Waals surface area contributed by atoms with Crippen molar-refractivity contribution in [3.8, 4) is 5.75 Å². The highest BCUT2D eigenvalue weighted by Gasteiger charge is 2.35. The van der Waals surface area contributed by atoms with E-state index in [2.05, 4.69) is 0 Å². The number of ether oxygens (including phenoxy) is 1. The predicted molar refractivity (Wildman–Crippen MR) is 130 cm³/mol. The van der Waals surface area contributed by atoms with E-state index in [1.165, 1.54) is 6.42 Å². The molecule has 2 heterocycles. The average Bonchev–Trinajstić information content (AvgIpc) is 3.08. The highest BCUT2D eigenvalue weighted by Crippen LogP contribution is 2.34. The molecule has 2 aliphatic heterocycles. The van der Waals surface area contributed by atoms with Gasteiger partial charge in [-0.2, -0.15) is 0 Å². The summed E-state index contributed by atoms with van der Waals surface area (Å²) >= 11 is 13.0. The maximum atomic E-state index is 12.8. The molecule has 0 spiro atoms. The molecule has 2 saturated heterocycles. The molecule has 6 nitrogen and oxygen atoms in total. The van der Waals surface area contributed by atoms with Crippen molar-refractivity contribution in [3.63, 3.8) is 0 Å². The van der Waals surface area contributed by atoms with Gasteiger partial charge < -0.3 is 9.64 Å². The molecule has 33 heavy (non-hydrogen) atoms. The second kappa shape index (κ2) is 10.6. The Morgan fingerprint density at radius 3 is 2.45 bits per heavy atom. The maximum Gasteiger partial charge on any atom is 0.293 e. The summed E-state index contributed by atoms with van der Waals surface area (Å²) in [6, 6.07) is 12.0. The third-order valence-electron chi connectivity index (χ3n) is 5.47. The van der Waals surface area contributed by atoms with Crippen LogP contribution in [0.1, 0.15) is 30.4 Å². The van der Waals surface area contributed by atoms with Gasteiger partial charge in [0.05, 0.1) is 11.4 Å². The zero-order valence-corrected chi connectivity index (χ0v) is 20.1. The highest BCUT2D eigenvalue weighted by atomic mass is 35.5. The third-order valence-corrected chi connectivity index (χ3v) is 6.96. The number of hydrogen-bond acceptors (Lipinski definition) is 5. The van der Waals surface area contributed by atoms with Crippen LogP contribution in [0.15, 0.2) is 47.4 Å². The molecule has 172 valence electrons. The number of rotatable bonds is 6. The van der Waals surface area contributed by atoms with Crippen LogP contribution in [0.3, 0.4) is 0 Å². The Balaban J connectivity index is 1.36. The van der Waals surface area contributed by atoms with Gasteiger partial charge in [-0.05, 0) is 72.5 Å². The number of amides is 3. The smallest absolute Gasteiger partial charge is 0.293 e. The minimum atomic E-state index is -0.372. The van der Waals surface area contributed by atoms with E-state index in [4.69, 9.17) is 27.9 Å². The van der Waals surface area contributed by atoms with E-state index in [0.29, 0.717) is 26.3 Å². The number of piperidine rings is 1. The zero-order valence-electron chi connectivity index (χ0n) is 17.8. The summed E-state index contributed by atoms with van der Waals surface area (Å²) in [6.07, 6.45) is 4.91. The minimum Gasteiger partial charge on any atom is -0.484 e. The molecule has 9 heteroatoms. The second-order valence-electron chi connectivity index (χ2n) is 7.80. The van der Waals surface area contributed by atoms with Crippen LogP contribution in [-0.4, -0.2) is 46.5 Å². The number of carbonyl (C=O) groups excluding carboxylic acids is 3. The largest absolute Gasteiger partial charge is 0.484 e. The van der Waals surface area contributed by atoms with Gasteiger partial charge in [-0.15, -0.1) is 0 Å². The lowest BCUT2D eigenvalue weighted by atomic mass is 10.1. The molecule has 0 bridgehead atoms. The van der Waals surface area contributed by atoms with Crippen LogP contribution < -0.4 is 4.74 Å². The van der Waals surface area contributed by atoms with Gasteiger partial charge in [0.1, 0.15) is 5.75 Å². The molecule has 3 amide bonds. The molecule has 0 radical (unpaired) electrons. The number of likely N-dealkylation sites (tertiary alicyclic amines) is 1. The first-order valence-corrected chi connectivity index (χ1v) is 12.2. The molecule has 2 fully saturated rings. The molecule has 0 aliphatic carbocycles. The van der Waals surface area contributed by atoms with E-state index in [-0.39, 0.29) is 30.2 Å². The molecule has 0 saturated carbocycles. The predicted octanol–water partition coefficient (Wildman–Crippen LogP) is 5.62. The van der Waals surface area contributed by atoms with E-state index in [1.54, 1.807) is 48.5 Å². The summed E-state index contributed by atoms with van der Waals surface area (Å²) < 4.78 is 5.62. The standard InChI is InChI=1S/C24H22Cl2N2O4S/c25-18-7-6-17(20(26)13-18)14-28-23(30)21(33-24(28)31)12-16-4-8-19(9-5-16)32-15-22(29)27-10-2-1-3-11-27/h4-9,12-13H,1-3,10-11,14-15H2/b21-12-. The van der Waals surface area contributed by atoms with Crippen LogP contribution in [0.4, 0.5) is 4.79 Å². The lowest BCUT2D eigenvalue weighted by Crippen LogP contribution is -2.38. The van der Waals surface area contributed by atoms with Crippen LogP contribution in [0, 0.1) is 0 Å². The van der Waals surface area contributed by atoms with Crippen LogP contribution in [-0.2, 0) is 16.1 Å². The fraction of sp³-hybridized carbons (Fsp3) is 0.292. The van der Waals surface area contributed by atoms with Gasteiger partial charge >= 0.3 is 0 Å². The Morgan fingerprint density at radius 1 is 1.03 bits per heavy atom. The van der Waals surface area contributed by atoms with E-state index in [0.717, 1.165) is 48.2 Å². The van der Waals surface area contributed by atoms with E-state index >= 15 is 0 Å². The Morgan fingerprint density at radius 2 is 1.76 bits per heavy atom. The normalized spacial score (nSPS) is 17.7. The topological polar surface area (TPSA) is 66.9 Å². The molecular weight excluding hydrogens is 483 g/mol. The second-order valence-corrected chi connectivity index (χ2v) is 9.64. The van der Waals surface area contributed by atoms with Gasteiger partial charge in [0, 0.05) is 23.1 Å². The number of thioether (sulfide) groups is 1. The molecule has 0 N–H and O–H groups in total. The molecule has 0 unspecified atom stereocenters. The fourth-order valence-corrected chi connectivity index (χ4v) is 4.95. The van der Waals surface area contributed by atoms with Gasteiger partial charge in [0.25, 0.3) is 17.1 Å². The lowest BCUT2D eigenvalue weighted by molar-refractivity contribution is -0.134. The van der Waals surface area contributed by atoms with Crippen molar-refractivity contribution in [2.45, 2.75) is 25.8 Å².